The molecule has 1 N–H and O–H groups in total. The number of aliphatic imine (C=N–C) groups is 1. The molecule has 1 aromatic rings. The topological polar surface area (TPSA) is 94.0 Å². The van der Waals surface area contributed by atoms with Gasteiger partial charge in [-0.15, -0.1) is 0 Å². The van der Waals surface area contributed by atoms with Crippen LogP contribution >= 0.6 is 11.5 Å². The molecule has 2 aliphatic rings. The molecule has 3 rings (SSSR count). The number of rotatable bonds is 6. The van der Waals surface area contributed by atoms with Crippen molar-refractivity contribution in [2.45, 2.75) is 26.7 Å². The first-order valence-corrected chi connectivity index (χ1v) is 12.6. The highest BCUT2D eigenvalue weighted by atomic mass is 32.2. The van der Waals surface area contributed by atoms with Crippen molar-refractivity contribution in [2.75, 3.05) is 63.5 Å². The Morgan fingerprint density at radius 2 is 2.00 bits per heavy atom. The normalized spacial score (nSPS) is 22.1. The van der Waals surface area contributed by atoms with Gasteiger partial charge in [0, 0.05) is 70.3 Å². The van der Waals surface area contributed by atoms with Crippen molar-refractivity contribution in [1.82, 2.24) is 23.9 Å². The maximum Gasteiger partial charge on any atom is 0.211 e. The summed E-state index contributed by atoms with van der Waals surface area (Å²) in [6.45, 7) is 10.4. The fraction of sp³-hybridized carbons (Fsp3) is 0.824. The third kappa shape index (κ3) is 5.32. The van der Waals surface area contributed by atoms with Gasteiger partial charge in [-0.3, -0.25) is 4.99 Å². The highest BCUT2D eigenvalue weighted by molar-refractivity contribution is 7.88. The average Bonchev–Trinajstić information content (AvgIpc) is 3.34. The van der Waals surface area contributed by atoms with Crippen LogP contribution in [0.5, 0.6) is 0 Å². The summed E-state index contributed by atoms with van der Waals surface area (Å²) in [4.78, 5) is 14.0. The maximum absolute atomic E-state index is 11.7. The van der Waals surface area contributed by atoms with Crippen LogP contribution in [0.15, 0.2) is 4.99 Å². The van der Waals surface area contributed by atoms with Crippen molar-refractivity contribution < 1.29 is 8.42 Å². The minimum Gasteiger partial charge on any atom is -0.357 e. The van der Waals surface area contributed by atoms with E-state index < -0.39 is 10.0 Å². The number of hydrogen-bond acceptors (Lipinski definition) is 7. The molecule has 9 nitrogen and oxygen atoms in total. The molecule has 2 fully saturated rings. The van der Waals surface area contributed by atoms with Crippen molar-refractivity contribution in [3.63, 3.8) is 0 Å². The zero-order valence-corrected chi connectivity index (χ0v) is 18.6. The molecule has 1 atom stereocenters. The fourth-order valence-corrected chi connectivity index (χ4v) is 5.23. The molecular weight excluding hydrogens is 398 g/mol. The smallest absolute Gasteiger partial charge is 0.211 e. The Kier molecular flexibility index (Phi) is 7.10. The molecular formula is C17H31N7O2S2. The zero-order valence-electron chi connectivity index (χ0n) is 17.0. The van der Waals surface area contributed by atoms with Crippen LogP contribution in [0.1, 0.15) is 26.1 Å². The Bertz CT molecular complexity index is 772. The summed E-state index contributed by atoms with van der Waals surface area (Å²) in [7, 11) is -3.09. The van der Waals surface area contributed by atoms with Crippen LogP contribution in [-0.2, 0) is 16.4 Å². The van der Waals surface area contributed by atoms with E-state index >= 15 is 0 Å². The Labute approximate surface area is 172 Å². The van der Waals surface area contributed by atoms with E-state index in [0.717, 1.165) is 62.5 Å². The quantitative estimate of drug-likeness (QED) is 0.519. The molecule has 0 amide bonds. The lowest BCUT2D eigenvalue weighted by molar-refractivity contribution is 0.371. The second kappa shape index (κ2) is 9.36. The fourth-order valence-electron chi connectivity index (χ4n) is 3.52. The number of nitrogens with zero attached hydrogens (tertiary/aromatic N) is 6. The van der Waals surface area contributed by atoms with Crippen molar-refractivity contribution >= 4 is 32.6 Å². The molecule has 0 aliphatic carbocycles. The van der Waals surface area contributed by atoms with Gasteiger partial charge in [0.2, 0.25) is 15.2 Å². The molecule has 2 aliphatic heterocycles. The number of hydrogen-bond donors (Lipinski definition) is 1. The summed E-state index contributed by atoms with van der Waals surface area (Å²) < 4.78 is 29.3. The van der Waals surface area contributed by atoms with E-state index in [1.165, 1.54) is 17.8 Å². The number of nitrogens with one attached hydrogen (secondary N) is 1. The second-order valence-electron chi connectivity index (χ2n) is 7.29. The first-order chi connectivity index (χ1) is 13.4. The average molecular weight is 430 g/mol. The third-order valence-electron chi connectivity index (χ3n) is 5.18. The highest BCUT2D eigenvalue weighted by Crippen LogP contribution is 2.20. The number of guanidine groups is 1. The van der Waals surface area contributed by atoms with Crippen LogP contribution < -0.4 is 10.2 Å². The van der Waals surface area contributed by atoms with E-state index in [2.05, 4.69) is 38.3 Å². The van der Waals surface area contributed by atoms with E-state index in [1.54, 1.807) is 4.31 Å². The summed E-state index contributed by atoms with van der Waals surface area (Å²) in [5.41, 5.74) is 0. The highest BCUT2D eigenvalue weighted by Gasteiger charge is 2.29. The van der Waals surface area contributed by atoms with E-state index in [4.69, 9.17) is 4.99 Å². The van der Waals surface area contributed by atoms with Crippen molar-refractivity contribution in [2.24, 2.45) is 10.9 Å². The van der Waals surface area contributed by atoms with E-state index in [1.807, 2.05) is 0 Å². The lowest BCUT2D eigenvalue weighted by Crippen LogP contribution is -2.52. The van der Waals surface area contributed by atoms with Gasteiger partial charge < -0.3 is 15.1 Å². The zero-order chi connectivity index (χ0) is 20.1. The molecule has 0 radical (unpaired) electrons. The number of sulfonamides is 1. The van der Waals surface area contributed by atoms with Crippen LogP contribution in [0.2, 0.25) is 0 Å². The van der Waals surface area contributed by atoms with Gasteiger partial charge in [-0.1, -0.05) is 6.92 Å². The second-order valence-corrected chi connectivity index (χ2v) is 10.0. The number of anilines is 1. The monoisotopic (exact) mass is 429 g/mol. The standard InChI is InChI=1S/C17H31N7O2S2/c1-4-15-20-17(27-21-15)23-10-8-22(9-11-23)16(18-5-2)19-12-14-6-7-24(13-14)28(3,25)26/h14H,4-13H2,1-3H3,(H,18,19). The van der Waals surface area contributed by atoms with Crippen LogP contribution in [0, 0.1) is 5.92 Å². The van der Waals surface area contributed by atoms with Gasteiger partial charge in [0.05, 0.1) is 6.26 Å². The van der Waals surface area contributed by atoms with Gasteiger partial charge in [-0.05, 0) is 19.3 Å². The summed E-state index contributed by atoms with van der Waals surface area (Å²) in [5, 5.41) is 4.39. The Hall–Kier alpha value is -1.46. The first kappa shape index (κ1) is 21.3. The Morgan fingerprint density at radius 3 is 2.57 bits per heavy atom. The van der Waals surface area contributed by atoms with Crippen LogP contribution in [0.25, 0.3) is 0 Å². The first-order valence-electron chi connectivity index (χ1n) is 9.96. The van der Waals surface area contributed by atoms with Gasteiger partial charge in [0.1, 0.15) is 5.82 Å². The molecule has 3 heterocycles. The number of aromatic nitrogens is 2. The predicted octanol–water partition coefficient (Wildman–Crippen LogP) is 0.470. The van der Waals surface area contributed by atoms with Gasteiger partial charge in [0.15, 0.2) is 5.96 Å². The van der Waals surface area contributed by atoms with Gasteiger partial charge in [-0.2, -0.15) is 4.37 Å². The lowest BCUT2D eigenvalue weighted by atomic mass is 10.1. The SMILES string of the molecule is CCNC(=NCC1CCN(S(C)(=O)=O)C1)N1CCN(c2nc(CC)ns2)CC1. The third-order valence-corrected chi connectivity index (χ3v) is 7.26. The summed E-state index contributed by atoms with van der Waals surface area (Å²) in [6.07, 6.45) is 3.02. The molecule has 0 saturated carbocycles. The minimum absolute atomic E-state index is 0.290. The molecule has 1 unspecified atom stereocenters. The van der Waals surface area contributed by atoms with E-state index in [9.17, 15) is 8.42 Å². The van der Waals surface area contributed by atoms with Gasteiger partial charge in [-0.25, -0.2) is 17.7 Å². The van der Waals surface area contributed by atoms with Gasteiger partial charge in [0.25, 0.3) is 0 Å². The van der Waals surface area contributed by atoms with Crippen molar-refractivity contribution in [3.8, 4) is 0 Å². The number of aryl methyl sites for hydroxylation is 1. The molecule has 0 bridgehead atoms. The molecule has 28 heavy (non-hydrogen) atoms. The molecule has 158 valence electrons. The lowest BCUT2D eigenvalue weighted by Gasteiger charge is -2.36. The molecule has 0 aromatic carbocycles. The van der Waals surface area contributed by atoms with E-state index in [-0.39, 0.29) is 0 Å². The van der Waals surface area contributed by atoms with E-state index in [0.29, 0.717) is 25.6 Å². The maximum atomic E-state index is 11.7. The largest absolute Gasteiger partial charge is 0.357 e. The van der Waals surface area contributed by atoms with Crippen LogP contribution in [0.4, 0.5) is 5.13 Å². The minimum atomic E-state index is -3.09. The summed E-state index contributed by atoms with van der Waals surface area (Å²) >= 11 is 1.48. The Balaban J connectivity index is 1.55. The van der Waals surface area contributed by atoms with Crippen LogP contribution in [0.3, 0.4) is 0 Å². The predicted molar refractivity (Wildman–Crippen MR) is 114 cm³/mol. The van der Waals surface area contributed by atoms with Crippen LogP contribution in [-0.4, -0.2) is 91.6 Å². The molecule has 0 spiro atoms. The van der Waals surface area contributed by atoms with Gasteiger partial charge >= 0.3 is 0 Å². The summed E-state index contributed by atoms with van der Waals surface area (Å²) in [5.74, 6) is 2.13. The summed E-state index contributed by atoms with van der Waals surface area (Å²) in [6, 6.07) is 0. The Morgan fingerprint density at radius 1 is 1.25 bits per heavy atom. The molecule has 1 aromatic heterocycles. The molecule has 11 heteroatoms. The molecule has 2 saturated heterocycles. The van der Waals surface area contributed by atoms with Crippen molar-refractivity contribution in [3.05, 3.63) is 5.82 Å². The number of piperazine rings is 1. The van der Waals surface area contributed by atoms with Crippen molar-refractivity contribution in [1.29, 1.82) is 0 Å².